The predicted molar refractivity (Wildman–Crippen MR) is 109 cm³/mol. The van der Waals surface area contributed by atoms with Gasteiger partial charge in [-0.15, -0.1) is 0 Å². The van der Waals surface area contributed by atoms with E-state index < -0.39 is 0 Å². The van der Waals surface area contributed by atoms with Gasteiger partial charge in [-0.05, 0) is 82.0 Å². The Morgan fingerprint density at radius 3 is 2.59 bits per heavy atom. The number of rotatable bonds is 5. The molecular formula is C23H35N3O. The molecule has 0 aromatic carbocycles. The van der Waals surface area contributed by atoms with E-state index in [1.807, 2.05) is 19.1 Å². The fourth-order valence-corrected chi connectivity index (χ4v) is 5.65. The summed E-state index contributed by atoms with van der Waals surface area (Å²) in [5.74, 6) is 2.79. The minimum Gasteiger partial charge on any atom is -0.349 e. The minimum absolute atomic E-state index is 0.111. The molecule has 1 aromatic heterocycles. The summed E-state index contributed by atoms with van der Waals surface area (Å²) < 4.78 is 0. The highest BCUT2D eigenvalue weighted by atomic mass is 16.1. The summed E-state index contributed by atoms with van der Waals surface area (Å²) in [5.41, 5.74) is 2.89. The van der Waals surface area contributed by atoms with Gasteiger partial charge < -0.3 is 10.2 Å². The molecule has 1 saturated heterocycles. The zero-order chi connectivity index (χ0) is 19.0. The Kier molecular flexibility index (Phi) is 5.54. The number of hydrogen-bond donors (Lipinski definition) is 1. The lowest BCUT2D eigenvalue weighted by Gasteiger charge is -2.33. The summed E-state index contributed by atoms with van der Waals surface area (Å²) in [4.78, 5) is 20.5. The quantitative estimate of drug-likeness (QED) is 0.848. The summed E-state index contributed by atoms with van der Waals surface area (Å²) >= 11 is 0. The smallest absolute Gasteiger partial charge is 0.253 e. The van der Waals surface area contributed by atoms with Crippen LogP contribution in [0.5, 0.6) is 0 Å². The first-order chi connectivity index (χ1) is 13.0. The summed E-state index contributed by atoms with van der Waals surface area (Å²) in [7, 11) is 0. The van der Waals surface area contributed by atoms with E-state index in [-0.39, 0.29) is 5.91 Å². The van der Waals surface area contributed by atoms with E-state index in [4.69, 9.17) is 4.98 Å². The largest absolute Gasteiger partial charge is 0.349 e. The second-order valence-electron chi connectivity index (χ2n) is 9.61. The molecule has 3 unspecified atom stereocenters. The molecule has 1 aromatic rings. The fraction of sp³-hybridized carbons (Fsp3) is 0.739. The first-order valence-electron chi connectivity index (χ1n) is 11.0. The molecule has 3 aliphatic rings. The molecule has 4 nitrogen and oxygen atoms in total. The number of fused-ring (bicyclic) bond motifs is 2. The molecule has 1 amide bonds. The summed E-state index contributed by atoms with van der Waals surface area (Å²) in [6.07, 6.45) is 7.37. The van der Waals surface area contributed by atoms with Gasteiger partial charge in [-0.25, -0.2) is 0 Å². The van der Waals surface area contributed by atoms with Crippen molar-refractivity contribution in [1.29, 1.82) is 0 Å². The zero-order valence-corrected chi connectivity index (χ0v) is 17.2. The number of aryl methyl sites for hydroxylation is 1. The van der Waals surface area contributed by atoms with Crippen LogP contribution >= 0.6 is 0 Å². The number of nitrogens with one attached hydrogen (secondary N) is 1. The number of aromatic nitrogens is 1. The van der Waals surface area contributed by atoms with Crippen LogP contribution in [-0.4, -0.2) is 41.5 Å². The van der Waals surface area contributed by atoms with Crippen LogP contribution in [0, 0.1) is 24.7 Å². The van der Waals surface area contributed by atoms with Gasteiger partial charge in [-0.2, -0.15) is 0 Å². The third kappa shape index (κ3) is 4.21. The molecule has 2 aliphatic carbocycles. The van der Waals surface area contributed by atoms with Crippen LogP contribution in [0.25, 0.3) is 0 Å². The Labute approximate surface area is 164 Å². The van der Waals surface area contributed by atoms with Gasteiger partial charge >= 0.3 is 0 Å². The monoisotopic (exact) mass is 369 g/mol. The van der Waals surface area contributed by atoms with Gasteiger partial charge in [-0.1, -0.05) is 20.3 Å². The van der Waals surface area contributed by atoms with Crippen molar-refractivity contribution in [2.75, 3.05) is 19.6 Å². The van der Waals surface area contributed by atoms with E-state index >= 15 is 0 Å². The average molecular weight is 370 g/mol. The lowest BCUT2D eigenvalue weighted by molar-refractivity contribution is 0.0920. The maximum absolute atomic E-state index is 13.1. The normalized spacial score (nSPS) is 28.8. The first kappa shape index (κ1) is 18.9. The van der Waals surface area contributed by atoms with E-state index in [9.17, 15) is 4.79 Å². The highest BCUT2D eigenvalue weighted by Crippen LogP contribution is 2.44. The molecule has 27 heavy (non-hydrogen) atoms. The molecule has 0 radical (unpaired) electrons. The van der Waals surface area contributed by atoms with Crippen molar-refractivity contribution in [3.05, 3.63) is 29.1 Å². The maximum atomic E-state index is 13.1. The summed E-state index contributed by atoms with van der Waals surface area (Å²) in [6, 6.07) is 4.40. The molecular weight excluding hydrogens is 334 g/mol. The number of piperidine rings is 1. The van der Waals surface area contributed by atoms with Crippen LogP contribution < -0.4 is 5.32 Å². The van der Waals surface area contributed by atoms with Gasteiger partial charge in [0.05, 0.1) is 11.3 Å². The lowest BCUT2D eigenvalue weighted by Crippen LogP contribution is -2.40. The topological polar surface area (TPSA) is 45.2 Å². The minimum atomic E-state index is 0.111. The van der Waals surface area contributed by atoms with Crippen molar-refractivity contribution in [3.8, 4) is 0 Å². The van der Waals surface area contributed by atoms with Crippen molar-refractivity contribution < 1.29 is 4.79 Å². The van der Waals surface area contributed by atoms with E-state index in [1.54, 1.807) is 0 Å². The molecule has 1 aliphatic heterocycles. The second kappa shape index (κ2) is 7.90. The molecule has 4 heteroatoms. The SMILES string of the molecule is Cc1ccc(C(=O)NC2CC3CCC2C3)c(C2CCN(CC(C)C)CC2)n1. The molecule has 0 spiro atoms. The number of pyridine rings is 1. The van der Waals surface area contributed by atoms with E-state index in [0.717, 1.165) is 48.8 Å². The molecule has 1 N–H and O–H groups in total. The zero-order valence-electron chi connectivity index (χ0n) is 17.2. The molecule has 2 saturated carbocycles. The number of nitrogens with zero attached hydrogens (tertiary/aromatic N) is 2. The van der Waals surface area contributed by atoms with E-state index in [0.29, 0.717) is 23.8 Å². The highest BCUT2D eigenvalue weighted by Gasteiger charge is 2.40. The van der Waals surface area contributed by atoms with Gasteiger partial charge in [0, 0.05) is 24.2 Å². The fourth-order valence-electron chi connectivity index (χ4n) is 5.65. The molecule has 3 atom stereocenters. The van der Waals surface area contributed by atoms with Crippen molar-refractivity contribution in [3.63, 3.8) is 0 Å². The Balaban J connectivity index is 1.45. The number of amides is 1. The standard InChI is InChI=1S/C23H35N3O/c1-15(2)14-26-10-8-18(9-11-26)22-20(7-4-16(3)24-22)23(27)25-21-13-17-5-6-19(21)12-17/h4,7,15,17-19,21H,5-6,8-14H2,1-3H3,(H,25,27). The molecule has 4 rings (SSSR count). The third-order valence-electron chi connectivity index (χ3n) is 6.96. The van der Waals surface area contributed by atoms with Crippen molar-refractivity contribution in [2.45, 2.75) is 71.3 Å². The molecule has 3 fully saturated rings. The maximum Gasteiger partial charge on any atom is 0.253 e. The van der Waals surface area contributed by atoms with Crippen molar-refractivity contribution >= 4 is 5.91 Å². The predicted octanol–water partition coefficient (Wildman–Crippen LogP) is 4.14. The van der Waals surface area contributed by atoms with E-state index in [1.165, 1.54) is 32.2 Å². The van der Waals surface area contributed by atoms with Gasteiger partial charge in [0.25, 0.3) is 5.91 Å². The Morgan fingerprint density at radius 1 is 1.19 bits per heavy atom. The number of carbonyl (C=O) groups is 1. The van der Waals surface area contributed by atoms with Crippen LogP contribution in [-0.2, 0) is 0 Å². The molecule has 148 valence electrons. The van der Waals surface area contributed by atoms with Gasteiger partial charge in [0.2, 0.25) is 0 Å². The van der Waals surface area contributed by atoms with Crippen LogP contribution in [0.15, 0.2) is 12.1 Å². The third-order valence-corrected chi connectivity index (χ3v) is 6.96. The Hall–Kier alpha value is -1.42. The summed E-state index contributed by atoms with van der Waals surface area (Å²) in [6.45, 7) is 10.0. The second-order valence-corrected chi connectivity index (χ2v) is 9.61. The van der Waals surface area contributed by atoms with Crippen LogP contribution in [0.1, 0.15) is 80.0 Å². The van der Waals surface area contributed by atoms with Gasteiger partial charge in [-0.3, -0.25) is 9.78 Å². The number of carbonyl (C=O) groups excluding carboxylic acids is 1. The Bertz CT molecular complexity index is 678. The van der Waals surface area contributed by atoms with E-state index in [2.05, 4.69) is 24.1 Å². The summed E-state index contributed by atoms with van der Waals surface area (Å²) in [5, 5.41) is 3.37. The van der Waals surface area contributed by atoms with Gasteiger partial charge in [0.1, 0.15) is 0 Å². The van der Waals surface area contributed by atoms with Gasteiger partial charge in [0.15, 0.2) is 0 Å². The first-order valence-corrected chi connectivity index (χ1v) is 11.0. The molecule has 2 bridgehead atoms. The molecule has 2 heterocycles. The highest BCUT2D eigenvalue weighted by molar-refractivity contribution is 5.95. The van der Waals surface area contributed by atoms with Crippen LogP contribution in [0.2, 0.25) is 0 Å². The van der Waals surface area contributed by atoms with Crippen molar-refractivity contribution in [2.24, 2.45) is 17.8 Å². The van der Waals surface area contributed by atoms with Crippen LogP contribution in [0.3, 0.4) is 0 Å². The number of likely N-dealkylation sites (tertiary alicyclic amines) is 1. The van der Waals surface area contributed by atoms with Crippen molar-refractivity contribution in [1.82, 2.24) is 15.2 Å². The average Bonchev–Trinajstić information content (AvgIpc) is 3.24. The lowest BCUT2D eigenvalue weighted by atomic mass is 9.89. The number of hydrogen-bond acceptors (Lipinski definition) is 3. The Morgan fingerprint density at radius 2 is 1.96 bits per heavy atom. The van der Waals surface area contributed by atoms with Crippen LogP contribution in [0.4, 0.5) is 0 Å².